The molecule has 2 N–H and O–H groups in total. The predicted molar refractivity (Wildman–Crippen MR) is 60.5 cm³/mol. The molecule has 2 unspecified atom stereocenters. The van der Waals surface area contributed by atoms with Crippen LogP contribution in [0.3, 0.4) is 0 Å². The molecule has 1 aliphatic heterocycles. The van der Waals surface area contributed by atoms with E-state index in [9.17, 15) is 18.4 Å². The van der Waals surface area contributed by atoms with Crippen LogP contribution in [0.15, 0.2) is 18.2 Å². The SMILES string of the molecule is O=C(O)C1CCC(C(=O)Nc2cc(F)cc(F)c2)O1. The van der Waals surface area contributed by atoms with Crippen LogP contribution in [-0.4, -0.2) is 29.2 Å². The minimum atomic E-state index is -1.13. The maximum Gasteiger partial charge on any atom is 0.332 e. The van der Waals surface area contributed by atoms with Crippen molar-refractivity contribution in [1.29, 1.82) is 0 Å². The monoisotopic (exact) mass is 271 g/mol. The fourth-order valence-electron chi connectivity index (χ4n) is 1.86. The van der Waals surface area contributed by atoms with E-state index in [0.29, 0.717) is 6.07 Å². The molecule has 1 aromatic rings. The number of ether oxygens (including phenoxy) is 1. The summed E-state index contributed by atoms with van der Waals surface area (Å²) in [6, 6.07) is 2.61. The molecular weight excluding hydrogens is 260 g/mol. The highest BCUT2D eigenvalue weighted by molar-refractivity contribution is 5.94. The number of anilines is 1. The van der Waals surface area contributed by atoms with E-state index < -0.39 is 35.7 Å². The molecule has 0 spiro atoms. The lowest BCUT2D eigenvalue weighted by Crippen LogP contribution is -2.30. The number of rotatable bonds is 3. The van der Waals surface area contributed by atoms with Crippen molar-refractivity contribution in [2.75, 3.05) is 5.32 Å². The maximum atomic E-state index is 12.9. The van der Waals surface area contributed by atoms with Gasteiger partial charge >= 0.3 is 5.97 Å². The van der Waals surface area contributed by atoms with Gasteiger partial charge in [-0.2, -0.15) is 0 Å². The lowest BCUT2D eigenvalue weighted by molar-refractivity contribution is -0.150. The Bertz CT molecular complexity index is 500. The number of halogens is 2. The van der Waals surface area contributed by atoms with Gasteiger partial charge in [0.1, 0.15) is 17.7 Å². The minimum Gasteiger partial charge on any atom is -0.479 e. The molecule has 1 aromatic carbocycles. The molecule has 1 aliphatic rings. The van der Waals surface area contributed by atoms with Crippen LogP contribution in [0.4, 0.5) is 14.5 Å². The summed E-state index contributed by atoms with van der Waals surface area (Å²) in [5.74, 6) is -3.38. The molecule has 1 saturated heterocycles. The number of carboxylic acids is 1. The third kappa shape index (κ3) is 3.25. The fourth-order valence-corrected chi connectivity index (χ4v) is 1.86. The van der Waals surface area contributed by atoms with Gasteiger partial charge in [0.25, 0.3) is 5.91 Å². The molecule has 102 valence electrons. The van der Waals surface area contributed by atoms with Crippen molar-refractivity contribution in [1.82, 2.24) is 0 Å². The van der Waals surface area contributed by atoms with Gasteiger partial charge < -0.3 is 15.2 Å². The fraction of sp³-hybridized carbons (Fsp3) is 0.333. The summed E-state index contributed by atoms with van der Waals surface area (Å²) >= 11 is 0. The van der Waals surface area contributed by atoms with Crippen LogP contribution in [0.2, 0.25) is 0 Å². The highest BCUT2D eigenvalue weighted by Crippen LogP contribution is 2.22. The lowest BCUT2D eigenvalue weighted by atomic mass is 10.2. The van der Waals surface area contributed by atoms with Gasteiger partial charge in [0.05, 0.1) is 0 Å². The van der Waals surface area contributed by atoms with Crippen LogP contribution in [0.5, 0.6) is 0 Å². The Kier molecular flexibility index (Phi) is 3.75. The first-order valence-corrected chi connectivity index (χ1v) is 5.61. The van der Waals surface area contributed by atoms with Crippen molar-refractivity contribution in [3.8, 4) is 0 Å². The van der Waals surface area contributed by atoms with Gasteiger partial charge in [-0.15, -0.1) is 0 Å². The minimum absolute atomic E-state index is 0.0372. The van der Waals surface area contributed by atoms with Gasteiger partial charge in [-0.05, 0) is 25.0 Å². The van der Waals surface area contributed by atoms with Crippen LogP contribution >= 0.6 is 0 Å². The van der Waals surface area contributed by atoms with Gasteiger partial charge in [0.15, 0.2) is 6.10 Å². The second kappa shape index (κ2) is 5.31. The number of carboxylic acid groups (broad SMARTS) is 1. The van der Waals surface area contributed by atoms with E-state index in [1.54, 1.807) is 0 Å². The second-order valence-electron chi connectivity index (χ2n) is 4.18. The first-order valence-electron chi connectivity index (χ1n) is 5.61. The van der Waals surface area contributed by atoms with E-state index in [1.165, 1.54) is 0 Å². The molecular formula is C12H11F2NO4. The van der Waals surface area contributed by atoms with E-state index in [1.807, 2.05) is 0 Å². The van der Waals surface area contributed by atoms with Crippen molar-refractivity contribution < 1.29 is 28.2 Å². The molecule has 0 radical (unpaired) electrons. The Morgan fingerprint density at radius 2 is 1.74 bits per heavy atom. The Balaban J connectivity index is 2.00. The molecule has 0 saturated carbocycles. The Morgan fingerprint density at radius 1 is 1.16 bits per heavy atom. The summed E-state index contributed by atoms with van der Waals surface area (Å²) in [6.45, 7) is 0. The van der Waals surface area contributed by atoms with Crippen molar-refractivity contribution in [2.45, 2.75) is 25.0 Å². The number of carbonyl (C=O) groups is 2. The first-order chi connectivity index (χ1) is 8.95. The number of hydrogen-bond acceptors (Lipinski definition) is 3. The average molecular weight is 271 g/mol. The molecule has 0 aliphatic carbocycles. The zero-order valence-electron chi connectivity index (χ0n) is 9.73. The predicted octanol–water partition coefficient (Wildman–Crippen LogP) is 1.54. The number of carbonyl (C=O) groups excluding carboxylic acids is 1. The standard InChI is InChI=1S/C12H11F2NO4/c13-6-3-7(14)5-8(4-6)15-11(16)9-1-2-10(19-9)12(17)18/h3-5,9-10H,1-2H2,(H,15,16)(H,17,18). The quantitative estimate of drug-likeness (QED) is 0.874. The van der Waals surface area contributed by atoms with Crippen molar-refractivity contribution in [2.24, 2.45) is 0 Å². The number of hydrogen-bond donors (Lipinski definition) is 2. The summed E-state index contributed by atoms with van der Waals surface area (Å²) in [6.07, 6.45) is -1.46. The Hall–Kier alpha value is -2.02. The number of nitrogens with one attached hydrogen (secondary N) is 1. The number of aliphatic carboxylic acids is 1. The molecule has 1 fully saturated rings. The van der Waals surface area contributed by atoms with Crippen molar-refractivity contribution >= 4 is 17.6 Å². The average Bonchev–Trinajstić information content (AvgIpc) is 2.76. The van der Waals surface area contributed by atoms with E-state index in [2.05, 4.69) is 5.32 Å². The molecule has 2 atom stereocenters. The Morgan fingerprint density at radius 3 is 2.26 bits per heavy atom. The number of amides is 1. The summed E-state index contributed by atoms with van der Waals surface area (Å²) in [7, 11) is 0. The van der Waals surface area contributed by atoms with Crippen LogP contribution < -0.4 is 5.32 Å². The molecule has 5 nitrogen and oxygen atoms in total. The first kappa shape index (κ1) is 13.4. The topological polar surface area (TPSA) is 75.6 Å². The maximum absolute atomic E-state index is 12.9. The Labute approximate surface area is 107 Å². The van der Waals surface area contributed by atoms with E-state index >= 15 is 0 Å². The van der Waals surface area contributed by atoms with Crippen molar-refractivity contribution in [3.05, 3.63) is 29.8 Å². The molecule has 19 heavy (non-hydrogen) atoms. The zero-order valence-corrected chi connectivity index (χ0v) is 9.73. The van der Waals surface area contributed by atoms with Gasteiger partial charge in [0, 0.05) is 11.8 Å². The van der Waals surface area contributed by atoms with Gasteiger partial charge in [-0.3, -0.25) is 4.79 Å². The molecule has 0 aromatic heterocycles. The van der Waals surface area contributed by atoms with Crippen molar-refractivity contribution in [3.63, 3.8) is 0 Å². The molecule has 2 rings (SSSR count). The molecule has 7 heteroatoms. The highest BCUT2D eigenvalue weighted by atomic mass is 19.1. The number of benzene rings is 1. The normalized spacial score (nSPS) is 22.2. The van der Waals surface area contributed by atoms with Gasteiger partial charge in [-0.1, -0.05) is 0 Å². The lowest BCUT2D eigenvalue weighted by Gasteiger charge is -2.11. The third-order valence-corrected chi connectivity index (χ3v) is 2.72. The highest BCUT2D eigenvalue weighted by Gasteiger charge is 2.34. The van der Waals surface area contributed by atoms with Crippen LogP contribution in [-0.2, 0) is 14.3 Å². The second-order valence-corrected chi connectivity index (χ2v) is 4.18. The summed E-state index contributed by atoms with van der Waals surface area (Å²) in [5, 5.41) is 11.0. The van der Waals surface area contributed by atoms with Gasteiger partial charge in [-0.25, -0.2) is 13.6 Å². The summed E-state index contributed by atoms with van der Waals surface area (Å²) in [5.41, 5.74) is -0.0372. The zero-order chi connectivity index (χ0) is 14.0. The van der Waals surface area contributed by atoms with Crippen LogP contribution in [0.1, 0.15) is 12.8 Å². The van der Waals surface area contributed by atoms with Crippen LogP contribution in [0, 0.1) is 11.6 Å². The molecule has 0 bridgehead atoms. The van der Waals surface area contributed by atoms with E-state index in [-0.39, 0.29) is 18.5 Å². The largest absolute Gasteiger partial charge is 0.479 e. The smallest absolute Gasteiger partial charge is 0.332 e. The molecule has 1 heterocycles. The van der Waals surface area contributed by atoms with E-state index in [0.717, 1.165) is 12.1 Å². The van der Waals surface area contributed by atoms with Crippen LogP contribution in [0.25, 0.3) is 0 Å². The van der Waals surface area contributed by atoms with E-state index in [4.69, 9.17) is 9.84 Å². The summed E-state index contributed by atoms with van der Waals surface area (Å²) < 4.78 is 30.9. The van der Waals surface area contributed by atoms with Gasteiger partial charge in [0.2, 0.25) is 0 Å². The summed E-state index contributed by atoms with van der Waals surface area (Å²) in [4.78, 5) is 22.4. The third-order valence-electron chi connectivity index (χ3n) is 2.72. The molecule has 1 amide bonds.